The van der Waals surface area contributed by atoms with Gasteiger partial charge in [0.25, 0.3) is 5.91 Å². The molecule has 0 aliphatic heterocycles. The molecule has 0 saturated carbocycles. The minimum absolute atomic E-state index is 0.00856. The molecule has 1 aliphatic carbocycles. The Bertz CT molecular complexity index is 579. The van der Waals surface area contributed by atoms with Crippen LogP contribution < -0.4 is 5.32 Å². The average Bonchev–Trinajstić information content (AvgIpc) is 2.90. The van der Waals surface area contributed by atoms with Crippen LogP contribution in [0.5, 0.6) is 0 Å². The number of aromatic amines is 1. The quantitative estimate of drug-likeness (QED) is 0.811. The van der Waals surface area contributed by atoms with E-state index in [9.17, 15) is 4.79 Å². The first-order valence-corrected chi connectivity index (χ1v) is 6.84. The van der Waals surface area contributed by atoms with Crippen LogP contribution in [-0.2, 0) is 0 Å². The molecule has 3 nitrogen and oxygen atoms in total. The van der Waals surface area contributed by atoms with Gasteiger partial charge in [-0.2, -0.15) is 0 Å². The van der Waals surface area contributed by atoms with E-state index in [1.54, 1.807) is 0 Å². The first kappa shape index (κ1) is 12.0. The Morgan fingerprint density at radius 2 is 2.21 bits per heavy atom. The molecule has 1 atom stereocenters. The van der Waals surface area contributed by atoms with Gasteiger partial charge in [-0.05, 0) is 37.3 Å². The molecule has 1 aliphatic rings. The number of hydrogen-bond donors (Lipinski definition) is 2. The van der Waals surface area contributed by atoms with Gasteiger partial charge in [-0.3, -0.25) is 4.79 Å². The fourth-order valence-corrected chi connectivity index (χ4v) is 2.57. The highest BCUT2D eigenvalue weighted by atomic mass is 16.1. The van der Waals surface area contributed by atoms with Crippen molar-refractivity contribution in [2.75, 3.05) is 6.54 Å². The van der Waals surface area contributed by atoms with Gasteiger partial charge in [0, 0.05) is 17.4 Å². The molecular weight excluding hydrogens is 236 g/mol. The fraction of sp³-hybridized carbons (Fsp3) is 0.312. The molecule has 0 bridgehead atoms. The third kappa shape index (κ3) is 2.70. The maximum Gasteiger partial charge on any atom is 0.267 e. The molecule has 0 saturated heterocycles. The number of para-hydroxylation sites is 1. The van der Waals surface area contributed by atoms with Crippen LogP contribution in [0.25, 0.3) is 10.9 Å². The second kappa shape index (κ2) is 5.31. The van der Waals surface area contributed by atoms with Crippen LogP contribution in [0, 0.1) is 5.92 Å². The van der Waals surface area contributed by atoms with E-state index < -0.39 is 0 Å². The smallest absolute Gasteiger partial charge is 0.267 e. The second-order valence-corrected chi connectivity index (χ2v) is 5.13. The van der Waals surface area contributed by atoms with Crippen LogP contribution in [0.4, 0.5) is 0 Å². The van der Waals surface area contributed by atoms with Crippen molar-refractivity contribution in [3.63, 3.8) is 0 Å². The predicted octanol–water partition coefficient (Wildman–Crippen LogP) is 3.25. The van der Waals surface area contributed by atoms with E-state index in [-0.39, 0.29) is 5.91 Å². The minimum Gasteiger partial charge on any atom is -0.351 e. The molecule has 0 spiro atoms. The number of nitrogens with one attached hydrogen (secondary N) is 2. The lowest BCUT2D eigenvalue weighted by molar-refractivity contribution is 0.0942. The van der Waals surface area contributed by atoms with Gasteiger partial charge in [0.2, 0.25) is 0 Å². The summed E-state index contributed by atoms with van der Waals surface area (Å²) in [7, 11) is 0. The highest BCUT2D eigenvalue weighted by molar-refractivity contribution is 5.97. The SMILES string of the molecule is O=C(NCC1CC=CCC1)c1cc2ccccc2[nH]1. The number of fused-ring (bicyclic) bond motifs is 1. The lowest BCUT2D eigenvalue weighted by atomic mass is 9.94. The van der Waals surface area contributed by atoms with Crippen LogP contribution in [0.15, 0.2) is 42.5 Å². The molecule has 1 heterocycles. The van der Waals surface area contributed by atoms with E-state index in [2.05, 4.69) is 22.5 Å². The van der Waals surface area contributed by atoms with Gasteiger partial charge >= 0.3 is 0 Å². The van der Waals surface area contributed by atoms with Crippen molar-refractivity contribution in [2.24, 2.45) is 5.92 Å². The van der Waals surface area contributed by atoms with E-state index in [4.69, 9.17) is 0 Å². The Morgan fingerprint density at radius 1 is 1.32 bits per heavy atom. The first-order chi connectivity index (χ1) is 9.33. The zero-order valence-corrected chi connectivity index (χ0v) is 10.9. The van der Waals surface area contributed by atoms with Gasteiger partial charge in [-0.1, -0.05) is 30.4 Å². The predicted molar refractivity (Wildman–Crippen MR) is 77.1 cm³/mol. The van der Waals surface area contributed by atoms with E-state index in [0.717, 1.165) is 30.3 Å². The molecule has 1 aromatic heterocycles. The Morgan fingerprint density at radius 3 is 3.00 bits per heavy atom. The van der Waals surface area contributed by atoms with Gasteiger partial charge in [-0.25, -0.2) is 0 Å². The number of benzene rings is 1. The Balaban J connectivity index is 1.64. The molecule has 1 aromatic carbocycles. The largest absolute Gasteiger partial charge is 0.351 e. The summed E-state index contributed by atoms with van der Waals surface area (Å²) in [5.41, 5.74) is 1.65. The number of carbonyl (C=O) groups excluding carboxylic acids is 1. The van der Waals surface area contributed by atoms with E-state index in [1.165, 1.54) is 6.42 Å². The number of hydrogen-bond acceptors (Lipinski definition) is 1. The Hall–Kier alpha value is -2.03. The van der Waals surface area contributed by atoms with Gasteiger partial charge < -0.3 is 10.3 Å². The number of amides is 1. The zero-order valence-electron chi connectivity index (χ0n) is 10.9. The second-order valence-electron chi connectivity index (χ2n) is 5.13. The molecule has 3 heteroatoms. The van der Waals surface area contributed by atoms with E-state index in [0.29, 0.717) is 11.6 Å². The van der Waals surface area contributed by atoms with Crippen LogP contribution in [0.3, 0.4) is 0 Å². The van der Waals surface area contributed by atoms with Crippen molar-refractivity contribution < 1.29 is 4.79 Å². The normalized spacial score (nSPS) is 18.6. The number of allylic oxidation sites excluding steroid dienone is 2. The maximum absolute atomic E-state index is 12.1. The standard InChI is InChI=1S/C16H18N2O/c19-16(17-11-12-6-2-1-3-7-12)15-10-13-8-4-5-9-14(13)18-15/h1-2,4-5,8-10,12,18H,3,6-7,11H2,(H,17,19). The molecule has 1 unspecified atom stereocenters. The molecule has 0 fully saturated rings. The minimum atomic E-state index is -0.00856. The Kier molecular flexibility index (Phi) is 3.36. The average molecular weight is 254 g/mol. The van der Waals surface area contributed by atoms with Crippen molar-refractivity contribution in [2.45, 2.75) is 19.3 Å². The van der Waals surface area contributed by atoms with Crippen molar-refractivity contribution in [1.29, 1.82) is 0 Å². The third-order valence-corrected chi connectivity index (χ3v) is 3.70. The van der Waals surface area contributed by atoms with Crippen molar-refractivity contribution in [1.82, 2.24) is 10.3 Å². The summed E-state index contributed by atoms with van der Waals surface area (Å²) in [5.74, 6) is 0.573. The van der Waals surface area contributed by atoms with Crippen LogP contribution in [0.2, 0.25) is 0 Å². The number of carbonyl (C=O) groups is 1. The molecule has 2 N–H and O–H groups in total. The summed E-state index contributed by atoms with van der Waals surface area (Å²) in [6.07, 6.45) is 7.81. The maximum atomic E-state index is 12.1. The van der Waals surface area contributed by atoms with Gasteiger partial charge in [-0.15, -0.1) is 0 Å². The number of rotatable bonds is 3. The number of aromatic nitrogens is 1. The van der Waals surface area contributed by atoms with Crippen LogP contribution in [-0.4, -0.2) is 17.4 Å². The molecule has 19 heavy (non-hydrogen) atoms. The molecule has 2 aromatic rings. The van der Waals surface area contributed by atoms with Crippen LogP contribution in [0.1, 0.15) is 29.8 Å². The summed E-state index contributed by atoms with van der Waals surface area (Å²) in [6, 6.07) is 9.85. The van der Waals surface area contributed by atoms with Crippen LogP contribution >= 0.6 is 0 Å². The molecular formula is C16H18N2O. The van der Waals surface area contributed by atoms with Crippen molar-refractivity contribution >= 4 is 16.8 Å². The van der Waals surface area contributed by atoms with Crippen molar-refractivity contribution in [3.8, 4) is 0 Å². The summed E-state index contributed by atoms with van der Waals surface area (Å²) < 4.78 is 0. The zero-order chi connectivity index (χ0) is 13.1. The molecule has 3 rings (SSSR count). The first-order valence-electron chi connectivity index (χ1n) is 6.84. The topological polar surface area (TPSA) is 44.9 Å². The summed E-state index contributed by atoms with van der Waals surface area (Å²) >= 11 is 0. The van der Waals surface area contributed by atoms with Gasteiger partial charge in [0.1, 0.15) is 5.69 Å². The van der Waals surface area contributed by atoms with Gasteiger partial charge in [0.15, 0.2) is 0 Å². The Labute approximate surface area is 112 Å². The van der Waals surface area contributed by atoms with Crippen molar-refractivity contribution in [3.05, 3.63) is 48.2 Å². The molecule has 0 radical (unpaired) electrons. The fourth-order valence-electron chi connectivity index (χ4n) is 2.57. The summed E-state index contributed by atoms with van der Waals surface area (Å²) in [4.78, 5) is 15.3. The van der Waals surface area contributed by atoms with E-state index >= 15 is 0 Å². The van der Waals surface area contributed by atoms with E-state index in [1.807, 2.05) is 30.3 Å². The summed E-state index contributed by atoms with van der Waals surface area (Å²) in [5, 5.41) is 4.10. The molecule has 98 valence electrons. The number of H-pyrrole nitrogens is 1. The summed E-state index contributed by atoms with van der Waals surface area (Å²) in [6.45, 7) is 0.762. The van der Waals surface area contributed by atoms with Gasteiger partial charge in [0.05, 0.1) is 0 Å². The monoisotopic (exact) mass is 254 g/mol. The molecule has 1 amide bonds. The third-order valence-electron chi connectivity index (χ3n) is 3.70. The highest BCUT2D eigenvalue weighted by Crippen LogP contribution is 2.18. The highest BCUT2D eigenvalue weighted by Gasteiger charge is 2.13. The lowest BCUT2D eigenvalue weighted by Gasteiger charge is -2.17. The lowest BCUT2D eigenvalue weighted by Crippen LogP contribution is -2.29.